The zero-order valence-electron chi connectivity index (χ0n) is 12.6. The van der Waals surface area contributed by atoms with Crippen LogP contribution in [0.3, 0.4) is 0 Å². The van der Waals surface area contributed by atoms with Crippen molar-refractivity contribution in [1.82, 2.24) is 9.97 Å². The van der Waals surface area contributed by atoms with Gasteiger partial charge in [-0.05, 0) is 30.3 Å². The van der Waals surface area contributed by atoms with E-state index >= 15 is 0 Å². The SMILES string of the molecule is COc1ccc(OC(C)=O)c(-c2nc3ccccc3c(=O)[nH]2)c1. The summed E-state index contributed by atoms with van der Waals surface area (Å²) in [6.45, 7) is 1.31. The molecule has 0 aliphatic carbocycles. The number of nitrogens with zero attached hydrogens (tertiary/aromatic N) is 1. The van der Waals surface area contributed by atoms with E-state index in [1.54, 1.807) is 42.5 Å². The van der Waals surface area contributed by atoms with Crippen LogP contribution in [0.4, 0.5) is 0 Å². The molecule has 0 spiro atoms. The van der Waals surface area contributed by atoms with Gasteiger partial charge in [0.2, 0.25) is 0 Å². The minimum absolute atomic E-state index is 0.262. The molecule has 116 valence electrons. The number of hydrogen-bond acceptors (Lipinski definition) is 5. The lowest BCUT2D eigenvalue weighted by Crippen LogP contribution is -2.10. The molecular formula is C17H14N2O4. The van der Waals surface area contributed by atoms with Gasteiger partial charge in [0.15, 0.2) is 0 Å². The van der Waals surface area contributed by atoms with E-state index in [2.05, 4.69) is 9.97 Å². The number of rotatable bonds is 3. The van der Waals surface area contributed by atoms with E-state index in [0.717, 1.165) is 0 Å². The Morgan fingerprint density at radius 3 is 2.70 bits per heavy atom. The van der Waals surface area contributed by atoms with Gasteiger partial charge in [0, 0.05) is 6.92 Å². The van der Waals surface area contributed by atoms with Crippen molar-refractivity contribution in [2.45, 2.75) is 6.92 Å². The first kappa shape index (κ1) is 14.8. The van der Waals surface area contributed by atoms with Gasteiger partial charge in [0.1, 0.15) is 17.3 Å². The van der Waals surface area contributed by atoms with E-state index in [9.17, 15) is 9.59 Å². The van der Waals surface area contributed by atoms with Gasteiger partial charge in [-0.3, -0.25) is 9.59 Å². The Morgan fingerprint density at radius 1 is 1.17 bits per heavy atom. The largest absolute Gasteiger partial charge is 0.497 e. The van der Waals surface area contributed by atoms with Crippen LogP contribution in [0.25, 0.3) is 22.3 Å². The Kier molecular flexibility index (Phi) is 3.80. The fraction of sp³-hybridized carbons (Fsp3) is 0.118. The highest BCUT2D eigenvalue weighted by atomic mass is 16.5. The molecule has 6 nitrogen and oxygen atoms in total. The van der Waals surface area contributed by atoms with Gasteiger partial charge in [0.05, 0.1) is 23.6 Å². The molecule has 0 aliphatic rings. The summed E-state index contributed by atoms with van der Waals surface area (Å²) in [5.74, 6) is 0.715. The lowest BCUT2D eigenvalue weighted by atomic mass is 10.1. The van der Waals surface area contributed by atoms with Crippen LogP contribution in [0.1, 0.15) is 6.92 Å². The lowest BCUT2D eigenvalue weighted by Gasteiger charge is -2.10. The number of nitrogens with one attached hydrogen (secondary N) is 1. The standard InChI is InChI=1S/C17H14N2O4/c1-10(20)23-15-8-7-11(22-2)9-13(15)16-18-14-6-4-3-5-12(14)17(21)19-16/h3-9H,1-2H3,(H,18,19,21). The number of H-pyrrole nitrogens is 1. The predicted molar refractivity (Wildman–Crippen MR) is 85.7 cm³/mol. The maximum Gasteiger partial charge on any atom is 0.308 e. The van der Waals surface area contributed by atoms with Gasteiger partial charge in [-0.15, -0.1) is 0 Å². The summed E-state index contributed by atoms with van der Waals surface area (Å²) in [6.07, 6.45) is 0. The Hall–Kier alpha value is -3.15. The van der Waals surface area contributed by atoms with Crippen LogP contribution < -0.4 is 15.0 Å². The first-order chi connectivity index (χ1) is 11.1. The van der Waals surface area contributed by atoms with Gasteiger partial charge >= 0.3 is 5.97 Å². The fourth-order valence-corrected chi connectivity index (χ4v) is 2.28. The quantitative estimate of drug-likeness (QED) is 0.594. The first-order valence-corrected chi connectivity index (χ1v) is 6.94. The second kappa shape index (κ2) is 5.92. The summed E-state index contributed by atoms with van der Waals surface area (Å²) in [5.41, 5.74) is 0.771. The average Bonchev–Trinajstić information content (AvgIpc) is 2.54. The molecule has 2 aromatic carbocycles. The number of hydrogen-bond donors (Lipinski definition) is 1. The summed E-state index contributed by atoms with van der Waals surface area (Å²) < 4.78 is 10.4. The second-order valence-corrected chi connectivity index (χ2v) is 4.89. The average molecular weight is 310 g/mol. The fourth-order valence-electron chi connectivity index (χ4n) is 2.28. The minimum Gasteiger partial charge on any atom is -0.497 e. The van der Waals surface area contributed by atoms with E-state index in [4.69, 9.17) is 9.47 Å². The number of carbonyl (C=O) groups is 1. The minimum atomic E-state index is -0.459. The molecule has 0 atom stereocenters. The zero-order valence-corrected chi connectivity index (χ0v) is 12.6. The number of aromatic nitrogens is 2. The summed E-state index contributed by atoms with van der Waals surface area (Å²) in [4.78, 5) is 30.7. The monoisotopic (exact) mass is 310 g/mol. The molecule has 1 N–H and O–H groups in total. The number of fused-ring (bicyclic) bond motifs is 1. The molecule has 0 saturated carbocycles. The number of aromatic amines is 1. The van der Waals surface area contributed by atoms with E-state index in [1.165, 1.54) is 14.0 Å². The van der Waals surface area contributed by atoms with Crippen LogP contribution in [-0.4, -0.2) is 23.0 Å². The van der Waals surface area contributed by atoms with Crippen LogP contribution >= 0.6 is 0 Å². The molecule has 3 aromatic rings. The molecule has 3 rings (SSSR count). The zero-order chi connectivity index (χ0) is 16.4. The molecule has 0 fully saturated rings. The molecule has 6 heteroatoms. The third kappa shape index (κ3) is 2.91. The Labute approximate surface area is 131 Å². The lowest BCUT2D eigenvalue weighted by molar-refractivity contribution is -0.131. The Balaban J connectivity index is 2.24. The van der Waals surface area contributed by atoms with Crippen molar-refractivity contribution in [3.05, 3.63) is 52.8 Å². The number of carbonyl (C=O) groups excluding carboxylic acids is 1. The topological polar surface area (TPSA) is 81.3 Å². The van der Waals surface area contributed by atoms with E-state index < -0.39 is 5.97 Å². The number of esters is 1. The number of para-hydroxylation sites is 1. The third-order valence-electron chi connectivity index (χ3n) is 3.31. The molecular weight excluding hydrogens is 296 g/mol. The van der Waals surface area contributed by atoms with Crippen LogP contribution in [0.15, 0.2) is 47.3 Å². The van der Waals surface area contributed by atoms with Crippen LogP contribution in [0.5, 0.6) is 11.5 Å². The summed E-state index contributed by atoms with van der Waals surface area (Å²) >= 11 is 0. The van der Waals surface area contributed by atoms with Crippen molar-refractivity contribution >= 4 is 16.9 Å². The molecule has 0 saturated heterocycles. The Bertz CT molecular complexity index is 947. The van der Waals surface area contributed by atoms with Gasteiger partial charge in [-0.25, -0.2) is 4.98 Å². The predicted octanol–water partition coefficient (Wildman–Crippen LogP) is 2.52. The van der Waals surface area contributed by atoms with Crippen molar-refractivity contribution in [3.8, 4) is 22.9 Å². The second-order valence-electron chi connectivity index (χ2n) is 4.89. The summed E-state index contributed by atoms with van der Waals surface area (Å²) in [6, 6.07) is 12.0. The third-order valence-corrected chi connectivity index (χ3v) is 3.31. The van der Waals surface area contributed by atoms with Crippen molar-refractivity contribution in [2.75, 3.05) is 7.11 Å². The van der Waals surface area contributed by atoms with E-state index in [-0.39, 0.29) is 5.56 Å². The van der Waals surface area contributed by atoms with E-state index in [0.29, 0.717) is 33.8 Å². The molecule has 1 aromatic heterocycles. The summed E-state index contributed by atoms with van der Waals surface area (Å²) in [5, 5.41) is 0.494. The highest BCUT2D eigenvalue weighted by Crippen LogP contribution is 2.31. The first-order valence-electron chi connectivity index (χ1n) is 6.94. The van der Waals surface area contributed by atoms with Gasteiger partial charge in [-0.2, -0.15) is 0 Å². The van der Waals surface area contributed by atoms with Crippen molar-refractivity contribution in [1.29, 1.82) is 0 Å². The maximum absolute atomic E-state index is 12.2. The van der Waals surface area contributed by atoms with Gasteiger partial charge < -0.3 is 14.5 Å². The molecule has 0 radical (unpaired) electrons. The van der Waals surface area contributed by atoms with Crippen LogP contribution in [-0.2, 0) is 4.79 Å². The molecule has 0 unspecified atom stereocenters. The molecule has 1 heterocycles. The molecule has 0 aliphatic heterocycles. The van der Waals surface area contributed by atoms with Gasteiger partial charge in [-0.1, -0.05) is 12.1 Å². The maximum atomic E-state index is 12.2. The Morgan fingerprint density at radius 2 is 1.96 bits per heavy atom. The summed E-state index contributed by atoms with van der Waals surface area (Å²) in [7, 11) is 1.53. The van der Waals surface area contributed by atoms with Gasteiger partial charge in [0.25, 0.3) is 5.56 Å². The highest BCUT2D eigenvalue weighted by molar-refractivity contribution is 5.81. The van der Waals surface area contributed by atoms with E-state index in [1.807, 2.05) is 0 Å². The van der Waals surface area contributed by atoms with Crippen LogP contribution in [0.2, 0.25) is 0 Å². The van der Waals surface area contributed by atoms with Crippen LogP contribution in [0, 0.1) is 0 Å². The van der Waals surface area contributed by atoms with Crippen molar-refractivity contribution in [2.24, 2.45) is 0 Å². The number of ether oxygens (including phenoxy) is 2. The highest BCUT2D eigenvalue weighted by Gasteiger charge is 2.14. The van der Waals surface area contributed by atoms with Crippen molar-refractivity contribution < 1.29 is 14.3 Å². The van der Waals surface area contributed by atoms with Crippen molar-refractivity contribution in [3.63, 3.8) is 0 Å². The molecule has 0 bridgehead atoms. The smallest absolute Gasteiger partial charge is 0.308 e. The molecule has 23 heavy (non-hydrogen) atoms. The molecule has 0 amide bonds. The number of benzene rings is 2. The number of methoxy groups -OCH3 is 1. The normalized spacial score (nSPS) is 10.5.